The van der Waals surface area contributed by atoms with E-state index in [0.29, 0.717) is 22.8 Å². The average molecular weight is 478 g/mol. The van der Waals surface area contributed by atoms with Crippen molar-refractivity contribution in [3.8, 4) is 5.75 Å². The lowest BCUT2D eigenvalue weighted by atomic mass is 10.1. The lowest BCUT2D eigenvalue weighted by molar-refractivity contribution is -0.153. The van der Waals surface area contributed by atoms with Gasteiger partial charge in [0.1, 0.15) is 12.4 Å². The highest BCUT2D eigenvalue weighted by Crippen LogP contribution is 2.26. The van der Waals surface area contributed by atoms with E-state index in [1.807, 2.05) is 0 Å². The second-order valence-corrected chi connectivity index (χ2v) is 8.58. The van der Waals surface area contributed by atoms with Crippen molar-refractivity contribution >= 4 is 46.4 Å². The number of imide groups is 1. The summed E-state index contributed by atoms with van der Waals surface area (Å²) in [5, 5.41) is 10.7. The molecular weight excluding hydrogens is 458 g/mol. The number of hydrogen-bond donors (Lipinski definition) is 2. The van der Waals surface area contributed by atoms with Crippen molar-refractivity contribution in [1.82, 2.24) is 5.32 Å². The van der Waals surface area contributed by atoms with Crippen molar-refractivity contribution in [2.45, 2.75) is 30.6 Å². The lowest BCUT2D eigenvalue weighted by Crippen LogP contribution is -2.25. The Morgan fingerprint density at radius 2 is 1.88 bits per heavy atom. The van der Waals surface area contributed by atoms with Gasteiger partial charge in [0.2, 0.25) is 5.91 Å². The maximum Gasteiger partial charge on any atom is 0.307 e. The Balaban J connectivity index is 1.62. The summed E-state index contributed by atoms with van der Waals surface area (Å²) < 4.78 is 11.2. The van der Waals surface area contributed by atoms with Gasteiger partial charge in [0.15, 0.2) is 6.10 Å². The maximum absolute atomic E-state index is 12.1. The molecule has 0 spiro atoms. The van der Waals surface area contributed by atoms with E-state index in [1.54, 1.807) is 48.5 Å². The Kier molecular flexibility index (Phi) is 8.13. The summed E-state index contributed by atoms with van der Waals surface area (Å²) in [4.78, 5) is 45.7. The molecule has 2 amide bonds. The fourth-order valence-corrected chi connectivity index (χ4v) is 4.03. The van der Waals surface area contributed by atoms with Crippen LogP contribution in [-0.2, 0) is 25.5 Å². The number of amides is 2. The molecule has 2 aromatic rings. The third kappa shape index (κ3) is 7.00. The van der Waals surface area contributed by atoms with Gasteiger partial charge in [-0.1, -0.05) is 47.6 Å². The number of halogens is 1. The summed E-state index contributed by atoms with van der Waals surface area (Å²) >= 11 is 7.01. The molecule has 32 heavy (non-hydrogen) atoms. The smallest absolute Gasteiger partial charge is 0.307 e. The fraction of sp³-hybridized carbons (Fsp3) is 0.273. The molecule has 10 heteroatoms. The number of nitrogens with one attached hydrogen (secondary N) is 1. The van der Waals surface area contributed by atoms with Gasteiger partial charge in [0.25, 0.3) is 5.24 Å². The highest BCUT2D eigenvalue weighted by Gasteiger charge is 2.31. The molecule has 168 valence electrons. The van der Waals surface area contributed by atoms with E-state index < -0.39 is 23.3 Å². The van der Waals surface area contributed by atoms with Gasteiger partial charge in [-0.15, -0.1) is 0 Å². The van der Waals surface area contributed by atoms with Gasteiger partial charge >= 0.3 is 11.9 Å². The molecular formula is C22H20ClNO7S. The molecule has 2 aromatic carbocycles. The van der Waals surface area contributed by atoms with Crippen molar-refractivity contribution in [1.29, 1.82) is 0 Å². The van der Waals surface area contributed by atoms with Crippen LogP contribution in [0, 0.1) is 0 Å². The number of esters is 1. The second-order valence-electron chi connectivity index (χ2n) is 6.97. The molecule has 2 N–H and O–H groups in total. The molecule has 0 aliphatic carbocycles. The molecule has 1 heterocycles. The second kappa shape index (κ2) is 11.0. The molecule has 1 fully saturated rings. The number of benzene rings is 2. The van der Waals surface area contributed by atoms with E-state index in [4.69, 9.17) is 26.2 Å². The number of ether oxygens (including phenoxy) is 2. The van der Waals surface area contributed by atoms with Gasteiger partial charge in [-0.05, 0) is 41.8 Å². The van der Waals surface area contributed by atoms with Gasteiger partial charge in [-0.25, -0.2) is 0 Å². The van der Waals surface area contributed by atoms with E-state index in [0.717, 1.165) is 17.3 Å². The highest BCUT2D eigenvalue weighted by atomic mass is 35.5. The predicted octanol–water partition coefficient (Wildman–Crippen LogP) is 3.76. The number of carboxylic acid groups (broad SMARTS) is 1. The number of rotatable bonds is 10. The van der Waals surface area contributed by atoms with Gasteiger partial charge in [-0.3, -0.25) is 24.5 Å². The van der Waals surface area contributed by atoms with Crippen LogP contribution < -0.4 is 10.1 Å². The van der Waals surface area contributed by atoms with Crippen LogP contribution in [-0.4, -0.2) is 40.0 Å². The normalized spacial score (nSPS) is 16.3. The Morgan fingerprint density at radius 3 is 2.50 bits per heavy atom. The minimum Gasteiger partial charge on any atom is -0.489 e. The van der Waals surface area contributed by atoms with Crippen molar-refractivity contribution < 1.29 is 33.8 Å². The van der Waals surface area contributed by atoms with E-state index in [1.165, 1.54) is 0 Å². The van der Waals surface area contributed by atoms with Gasteiger partial charge in [0, 0.05) is 5.02 Å². The topological polar surface area (TPSA) is 119 Å². The number of hydrogen-bond acceptors (Lipinski definition) is 7. The minimum atomic E-state index is -1.09. The zero-order chi connectivity index (χ0) is 23.1. The summed E-state index contributed by atoms with van der Waals surface area (Å²) in [6, 6.07) is 13.8. The molecule has 1 aliphatic rings. The SMILES string of the molecule is O=C(O)CCC(=O)OC(COc1ccc(CC2SC(=O)NC2=O)cc1)c1cccc(Cl)c1. The largest absolute Gasteiger partial charge is 0.489 e. The van der Waals surface area contributed by atoms with Crippen molar-refractivity contribution in [2.24, 2.45) is 0 Å². The molecule has 8 nitrogen and oxygen atoms in total. The zero-order valence-corrected chi connectivity index (χ0v) is 18.4. The van der Waals surface area contributed by atoms with Crippen LogP contribution in [0.2, 0.25) is 5.02 Å². The van der Waals surface area contributed by atoms with Crippen LogP contribution >= 0.6 is 23.4 Å². The van der Waals surface area contributed by atoms with E-state index in [-0.39, 0.29) is 30.6 Å². The zero-order valence-electron chi connectivity index (χ0n) is 16.8. The third-order valence-electron chi connectivity index (χ3n) is 4.55. The van der Waals surface area contributed by atoms with Gasteiger partial charge in [-0.2, -0.15) is 0 Å². The molecule has 1 saturated heterocycles. The molecule has 0 radical (unpaired) electrons. The first-order valence-electron chi connectivity index (χ1n) is 9.70. The maximum atomic E-state index is 12.1. The lowest BCUT2D eigenvalue weighted by Gasteiger charge is -2.19. The Bertz CT molecular complexity index is 1010. The summed E-state index contributed by atoms with van der Waals surface area (Å²) in [5.41, 5.74) is 1.48. The minimum absolute atomic E-state index is 0.00607. The summed E-state index contributed by atoms with van der Waals surface area (Å²) in [6.07, 6.45) is -0.948. The van der Waals surface area contributed by atoms with Crippen LogP contribution in [0.1, 0.15) is 30.1 Å². The third-order valence-corrected chi connectivity index (χ3v) is 5.77. The number of aliphatic carboxylic acids is 1. The fourth-order valence-electron chi connectivity index (χ4n) is 2.97. The monoisotopic (exact) mass is 477 g/mol. The molecule has 3 rings (SSSR count). The molecule has 0 saturated carbocycles. The predicted molar refractivity (Wildman–Crippen MR) is 118 cm³/mol. The number of thioether (sulfide) groups is 1. The quantitative estimate of drug-likeness (QED) is 0.496. The number of carboxylic acids is 1. The van der Waals surface area contributed by atoms with E-state index in [2.05, 4.69) is 5.32 Å². The van der Waals surface area contributed by atoms with Crippen LogP contribution in [0.15, 0.2) is 48.5 Å². The summed E-state index contributed by atoms with van der Waals surface area (Å²) in [6.45, 7) is -0.00607. The molecule has 0 aromatic heterocycles. The molecule has 0 bridgehead atoms. The van der Waals surface area contributed by atoms with Crippen molar-refractivity contribution in [3.05, 3.63) is 64.7 Å². The molecule has 2 atom stereocenters. The van der Waals surface area contributed by atoms with Crippen LogP contribution in [0.5, 0.6) is 5.75 Å². The Morgan fingerprint density at radius 1 is 1.12 bits per heavy atom. The Labute approximate surface area is 193 Å². The van der Waals surface area contributed by atoms with E-state index >= 15 is 0 Å². The van der Waals surface area contributed by atoms with Gasteiger partial charge < -0.3 is 14.6 Å². The van der Waals surface area contributed by atoms with E-state index in [9.17, 15) is 19.2 Å². The van der Waals surface area contributed by atoms with Crippen LogP contribution in [0.3, 0.4) is 0 Å². The van der Waals surface area contributed by atoms with Crippen LogP contribution in [0.4, 0.5) is 4.79 Å². The average Bonchev–Trinajstić information content (AvgIpc) is 3.07. The van der Waals surface area contributed by atoms with Gasteiger partial charge in [0.05, 0.1) is 18.1 Å². The first-order chi connectivity index (χ1) is 15.3. The Hall–Kier alpha value is -3.04. The van der Waals surface area contributed by atoms with Crippen molar-refractivity contribution in [3.63, 3.8) is 0 Å². The summed E-state index contributed by atoms with van der Waals surface area (Å²) in [5.74, 6) is -1.52. The molecule has 2 unspecified atom stereocenters. The first kappa shape index (κ1) is 23.6. The highest BCUT2D eigenvalue weighted by molar-refractivity contribution is 8.15. The molecule has 1 aliphatic heterocycles. The van der Waals surface area contributed by atoms with Crippen molar-refractivity contribution in [2.75, 3.05) is 6.61 Å². The van der Waals surface area contributed by atoms with Crippen LogP contribution in [0.25, 0.3) is 0 Å². The summed E-state index contributed by atoms with van der Waals surface area (Å²) in [7, 11) is 0. The first-order valence-corrected chi connectivity index (χ1v) is 11.0. The number of carbonyl (C=O) groups is 4. The standard InChI is InChI=1S/C22H20ClNO7S/c23-15-3-1-2-14(11-15)17(31-20(27)9-8-19(25)26)12-30-16-6-4-13(5-7-16)10-18-21(28)24-22(29)32-18/h1-7,11,17-18H,8-10,12H2,(H,25,26)(H,24,28,29). The number of carbonyl (C=O) groups excluding carboxylic acids is 3.